The van der Waals surface area contributed by atoms with Gasteiger partial charge in [-0.3, -0.25) is 4.99 Å². The minimum atomic E-state index is 0.264. The Labute approximate surface area is 103 Å². The van der Waals surface area contributed by atoms with Crippen LogP contribution in [0.3, 0.4) is 0 Å². The van der Waals surface area contributed by atoms with Crippen LogP contribution >= 0.6 is 0 Å². The van der Waals surface area contributed by atoms with Gasteiger partial charge in [-0.2, -0.15) is 0 Å². The molecular weight excluding hydrogens is 210 g/mol. The molecule has 0 saturated heterocycles. The molecule has 1 aromatic rings. The number of hydrogen-bond acceptors (Lipinski definition) is 1. The van der Waals surface area contributed by atoms with Crippen molar-refractivity contribution in [3.8, 4) is 0 Å². The van der Waals surface area contributed by atoms with E-state index in [0.717, 1.165) is 19.5 Å². The maximum Gasteiger partial charge on any atom is 0.188 e. The molecule has 3 heteroatoms. The lowest BCUT2D eigenvalue weighted by atomic mass is 9.96. The number of hydrogen-bond donors (Lipinski definition) is 2. The Balaban J connectivity index is 1.95. The quantitative estimate of drug-likeness (QED) is 0.602. The maximum absolute atomic E-state index is 5.81. The Morgan fingerprint density at radius 1 is 1.35 bits per heavy atom. The number of nitrogens with two attached hydrogens (primary N) is 1. The van der Waals surface area contributed by atoms with Gasteiger partial charge in [-0.15, -0.1) is 0 Å². The van der Waals surface area contributed by atoms with Gasteiger partial charge in [0.2, 0.25) is 0 Å². The average Bonchev–Trinajstić information content (AvgIpc) is 3.16. The molecule has 1 saturated carbocycles. The van der Waals surface area contributed by atoms with Gasteiger partial charge in [0.25, 0.3) is 0 Å². The molecule has 1 aliphatic carbocycles. The highest BCUT2D eigenvalue weighted by molar-refractivity contribution is 5.77. The molecule has 0 bridgehead atoms. The lowest BCUT2D eigenvalue weighted by Gasteiger charge is -2.13. The molecule has 0 heterocycles. The van der Waals surface area contributed by atoms with E-state index in [-0.39, 0.29) is 5.41 Å². The third-order valence-electron chi connectivity index (χ3n) is 3.35. The second-order valence-corrected chi connectivity index (χ2v) is 4.77. The van der Waals surface area contributed by atoms with E-state index in [9.17, 15) is 0 Å². The summed E-state index contributed by atoms with van der Waals surface area (Å²) in [5.41, 5.74) is 7.47. The van der Waals surface area contributed by atoms with Crippen molar-refractivity contribution in [2.45, 2.75) is 31.6 Å². The summed E-state index contributed by atoms with van der Waals surface area (Å²) in [6.45, 7) is 3.82. The molecule has 3 nitrogen and oxygen atoms in total. The molecule has 3 N–H and O–H groups in total. The number of nitrogens with one attached hydrogen (secondary N) is 1. The Hall–Kier alpha value is -1.51. The van der Waals surface area contributed by atoms with Gasteiger partial charge in [-0.25, -0.2) is 0 Å². The normalized spacial score (nSPS) is 17.8. The summed E-state index contributed by atoms with van der Waals surface area (Å²) in [6, 6.07) is 10.6. The van der Waals surface area contributed by atoms with E-state index >= 15 is 0 Å². The lowest BCUT2D eigenvalue weighted by molar-refractivity contribution is 0.699. The van der Waals surface area contributed by atoms with Gasteiger partial charge in [-0.1, -0.05) is 37.3 Å². The lowest BCUT2D eigenvalue weighted by Crippen LogP contribution is -2.33. The van der Waals surface area contributed by atoms with Crippen molar-refractivity contribution in [3.63, 3.8) is 0 Å². The highest BCUT2D eigenvalue weighted by Gasteiger charge is 2.43. The summed E-state index contributed by atoms with van der Waals surface area (Å²) in [5.74, 6) is 0.578. The molecule has 92 valence electrons. The Morgan fingerprint density at radius 2 is 2.06 bits per heavy atom. The van der Waals surface area contributed by atoms with E-state index < -0.39 is 0 Å². The predicted molar refractivity (Wildman–Crippen MR) is 72.1 cm³/mol. The summed E-state index contributed by atoms with van der Waals surface area (Å²) in [6.07, 6.45) is 3.52. The fraction of sp³-hybridized carbons (Fsp3) is 0.500. The van der Waals surface area contributed by atoms with Crippen LogP contribution in [0, 0.1) is 0 Å². The van der Waals surface area contributed by atoms with E-state index in [0.29, 0.717) is 5.96 Å². The van der Waals surface area contributed by atoms with Crippen LogP contribution < -0.4 is 11.1 Å². The van der Waals surface area contributed by atoms with Crippen LogP contribution in [0.15, 0.2) is 35.3 Å². The standard InChI is InChI=1S/C14H21N3/c1-2-10-16-13(15)17-11-14(8-9-14)12-6-4-3-5-7-12/h3-7H,2,8-11H2,1H3,(H3,15,16,17). The van der Waals surface area contributed by atoms with Crippen molar-refractivity contribution in [3.05, 3.63) is 35.9 Å². The number of guanidine groups is 1. The second kappa shape index (κ2) is 5.21. The van der Waals surface area contributed by atoms with Crippen LogP contribution in [-0.4, -0.2) is 19.0 Å². The Kier molecular flexibility index (Phi) is 3.67. The van der Waals surface area contributed by atoms with Gasteiger partial charge in [0.15, 0.2) is 5.96 Å². The highest BCUT2D eigenvalue weighted by Crippen LogP contribution is 2.48. The molecule has 17 heavy (non-hydrogen) atoms. The third kappa shape index (κ3) is 2.99. The molecule has 1 fully saturated rings. The molecule has 1 aliphatic rings. The summed E-state index contributed by atoms with van der Waals surface area (Å²) in [7, 11) is 0. The zero-order valence-electron chi connectivity index (χ0n) is 10.4. The topological polar surface area (TPSA) is 50.4 Å². The summed E-state index contributed by atoms with van der Waals surface area (Å²) < 4.78 is 0. The van der Waals surface area contributed by atoms with Gasteiger partial charge < -0.3 is 11.1 Å². The molecule has 0 amide bonds. The molecule has 0 aliphatic heterocycles. The predicted octanol–water partition coefficient (Wildman–Crippen LogP) is 2.03. The first-order valence-electron chi connectivity index (χ1n) is 6.36. The SMILES string of the molecule is CCCNC(N)=NCC1(c2ccccc2)CC1. The third-order valence-corrected chi connectivity index (χ3v) is 3.35. The van der Waals surface area contributed by atoms with E-state index in [2.05, 4.69) is 47.6 Å². The van der Waals surface area contributed by atoms with Crippen LogP contribution in [0.2, 0.25) is 0 Å². The van der Waals surface area contributed by atoms with Crippen molar-refractivity contribution in [1.82, 2.24) is 5.32 Å². The first-order valence-corrected chi connectivity index (χ1v) is 6.36. The molecule has 0 unspecified atom stereocenters. The number of aliphatic imine (C=N–C) groups is 1. The van der Waals surface area contributed by atoms with Gasteiger partial charge in [0, 0.05) is 12.0 Å². The van der Waals surface area contributed by atoms with Gasteiger partial charge in [-0.05, 0) is 24.8 Å². The van der Waals surface area contributed by atoms with Crippen molar-refractivity contribution < 1.29 is 0 Å². The van der Waals surface area contributed by atoms with Gasteiger partial charge in [0.05, 0.1) is 6.54 Å². The van der Waals surface area contributed by atoms with Crippen LogP contribution in [0.1, 0.15) is 31.7 Å². The average molecular weight is 231 g/mol. The molecule has 0 radical (unpaired) electrons. The van der Waals surface area contributed by atoms with Crippen LogP contribution in [-0.2, 0) is 5.41 Å². The largest absolute Gasteiger partial charge is 0.370 e. The fourth-order valence-corrected chi connectivity index (χ4v) is 2.03. The summed E-state index contributed by atoms with van der Waals surface area (Å²) >= 11 is 0. The van der Waals surface area contributed by atoms with Gasteiger partial charge >= 0.3 is 0 Å². The summed E-state index contributed by atoms with van der Waals surface area (Å²) in [5, 5.41) is 3.11. The van der Waals surface area contributed by atoms with Crippen LogP contribution in [0.5, 0.6) is 0 Å². The number of rotatable bonds is 5. The molecule has 0 aromatic heterocycles. The number of nitrogens with zero attached hydrogens (tertiary/aromatic N) is 1. The first-order chi connectivity index (χ1) is 8.27. The Bertz CT molecular complexity index is 380. The molecule has 1 aromatic carbocycles. The summed E-state index contributed by atoms with van der Waals surface area (Å²) in [4.78, 5) is 4.46. The molecule has 2 rings (SSSR count). The van der Waals surface area contributed by atoms with Crippen LogP contribution in [0.4, 0.5) is 0 Å². The van der Waals surface area contributed by atoms with Crippen molar-refractivity contribution in [2.75, 3.05) is 13.1 Å². The van der Waals surface area contributed by atoms with Crippen molar-refractivity contribution in [1.29, 1.82) is 0 Å². The van der Waals surface area contributed by atoms with Crippen LogP contribution in [0.25, 0.3) is 0 Å². The van der Waals surface area contributed by atoms with E-state index in [1.54, 1.807) is 0 Å². The smallest absolute Gasteiger partial charge is 0.188 e. The number of benzene rings is 1. The second-order valence-electron chi connectivity index (χ2n) is 4.77. The zero-order valence-corrected chi connectivity index (χ0v) is 10.4. The Morgan fingerprint density at radius 3 is 2.65 bits per heavy atom. The van der Waals surface area contributed by atoms with Gasteiger partial charge in [0.1, 0.15) is 0 Å². The first kappa shape index (κ1) is 12.0. The fourth-order valence-electron chi connectivity index (χ4n) is 2.03. The minimum absolute atomic E-state index is 0.264. The monoisotopic (exact) mass is 231 g/mol. The molecular formula is C14H21N3. The van der Waals surface area contributed by atoms with E-state index in [1.165, 1.54) is 18.4 Å². The zero-order chi connectivity index (χ0) is 12.1. The van der Waals surface area contributed by atoms with E-state index in [1.807, 2.05) is 0 Å². The minimum Gasteiger partial charge on any atom is -0.370 e. The van der Waals surface area contributed by atoms with Crippen molar-refractivity contribution >= 4 is 5.96 Å². The maximum atomic E-state index is 5.81. The molecule has 0 spiro atoms. The van der Waals surface area contributed by atoms with E-state index in [4.69, 9.17) is 5.73 Å². The van der Waals surface area contributed by atoms with Crippen molar-refractivity contribution in [2.24, 2.45) is 10.7 Å². The highest BCUT2D eigenvalue weighted by atomic mass is 15.1. The molecule has 0 atom stereocenters.